The standard InChI is InChI=1S/C24H30F3N5O/c1-29(2)20-11-12-32(17-20)19-9-7-18(8-10-19)28-23(33)31-15-13-30(14-16-31)22-6-4-3-5-21(22)24(25,26)27/h3-10,20H,11-17H2,1-2H3,(H,28,33). The van der Waals surface area contributed by atoms with Gasteiger partial charge in [-0.25, -0.2) is 4.79 Å². The lowest BCUT2D eigenvalue weighted by atomic mass is 10.1. The van der Waals surface area contributed by atoms with Crippen molar-refractivity contribution in [3.63, 3.8) is 0 Å². The SMILES string of the molecule is CN(C)C1CCN(c2ccc(NC(=O)N3CCN(c4ccccc4C(F)(F)F)CC3)cc2)C1. The van der Waals surface area contributed by atoms with Crippen molar-refractivity contribution in [1.82, 2.24) is 9.80 Å². The number of rotatable bonds is 4. The normalized spacial score (nSPS) is 19.3. The third kappa shape index (κ3) is 5.35. The highest BCUT2D eigenvalue weighted by molar-refractivity contribution is 5.89. The van der Waals surface area contributed by atoms with Gasteiger partial charge in [0.15, 0.2) is 0 Å². The average molecular weight is 462 g/mol. The van der Waals surface area contributed by atoms with Gasteiger partial charge >= 0.3 is 12.2 Å². The highest BCUT2D eigenvalue weighted by Gasteiger charge is 2.35. The minimum atomic E-state index is -4.40. The monoisotopic (exact) mass is 461 g/mol. The van der Waals surface area contributed by atoms with Crippen molar-refractivity contribution >= 4 is 23.1 Å². The summed E-state index contributed by atoms with van der Waals surface area (Å²) in [6.07, 6.45) is -3.27. The van der Waals surface area contributed by atoms with Crippen molar-refractivity contribution < 1.29 is 18.0 Å². The topological polar surface area (TPSA) is 42.1 Å². The minimum Gasteiger partial charge on any atom is -0.370 e. The van der Waals surface area contributed by atoms with Crippen LogP contribution in [0.1, 0.15) is 12.0 Å². The molecule has 2 saturated heterocycles. The second kappa shape index (κ2) is 9.51. The Morgan fingerprint density at radius 2 is 1.61 bits per heavy atom. The highest BCUT2D eigenvalue weighted by Crippen LogP contribution is 2.36. The molecule has 0 spiro atoms. The van der Waals surface area contributed by atoms with E-state index in [9.17, 15) is 18.0 Å². The Bertz CT molecular complexity index is 955. The van der Waals surface area contributed by atoms with Crippen LogP contribution in [0.15, 0.2) is 48.5 Å². The molecule has 0 saturated carbocycles. The lowest BCUT2D eigenvalue weighted by Gasteiger charge is -2.37. The van der Waals surface area contributed by atoms with E-state index < -0.39 is 11.7 Å². The van der Waals surface area contributed by atoms with Crippen LogP contribution in [0, 0.1) is 0 Å². The van der Waals surface area contributed by atoms with Crippen LogP contribution in [0.5, 0.6) is 0 Å². The van der Waals surface area contributed by atoms with Crippen molar-refractivity contribution in [3.8, 4) is 0 Å². The number of piperazine rings is 1. The highest BCUT2D eigenvalue weighted by atomic mass is 19.4. The Kier molecular flexibility index (Phi) is 6.69. The summed E-state index contributed by atoms with van der Waals surface area (Å²) in [5, 5.41) is 2.91. The fraction of sp³-hybridized carbons (Fsp3) is 0.458. The zero-order valence-corrected chi connectivity index (χ0v) is 19.0. The number of amides is 2. The Hall–Kier alpha value is -2.94. The van der Waals surface area contributed by atoms with Gasteiger partial charge in [0.2, 0.25) is 0 Å². The number of likely N-dealkylation sites (N-methyl/N-ethyl adjacent to an activating group) is 1. The maximum atomic E-state index is 13.3. The van der Waals surface area contributed by atoms with E-state index in [0.29, 0.717) is 37.9 Å². The molecule has 0 aliphatic carbocycles. The van der Waals surface area contributed by atoms with Crippen LogP contribution >= 0.6 is 0 Å². The molecule has 178 valence electrons. The number of nitrogens with one attached hydrogen (secondary N) is 1. The van der Waals surface area contributed by atoms with Crippen molar-refractivity contribution in [2.24, 2.45) is 0 Å². The van der Waals surface area contributed by atoms with E-state index in [4.69, 9.17) is 0 Å². The first-order chi connectivity index (χ1) is 15.7. The maximum absolute atomic E-state index is 13.3. The van der Waals surface area contributed by atoms with Gasteiger partial charge in [0.25, 0.3) is 0 Å². The van der Waals surface area contributed by atoms with Gasteiger partial charge in [0.05, 0.1) is 5.56 Å². The van der Waals surface area contributed by atoms with Gasteiger partial charge in [-0.1, -0.05) is 12.1 Å². The number of alkyl halides is 3. The number of para-hydroxylation sites is 1. The molecule has 9 heteroatoms. The molecule has 0 bridgehead atoms. The van der Waals surface area contributed by atoms with Crippen LogP contribution < -0.4 is 15.1 Å². The van der Waals surface area contributed by atoms with E-state index in [0.717, 1.165) is 31.3 Å². The molecule has 2 fully saturated rings. The van der Waals surface area contributed by atoms with Crippen molar-refractivity contribution in [2.75, 3.05) is 68.5 Å². The number of carbonyl (C=O) groups is 1. The van der Waals surface area contributed by atoms with Gasteiger partial charge in [0, 0.05) is 62.4 Å². The second-order valence-electron chi connectivity index (χ2n) is 8.82. The molecule has 4 rings (SSSR count). The van der Waals surface area contributed by atoms with Gasteiger partial charge < -0.3 is 24.9 Å². The summed E-state index contributed by atoms with van der Waals surface area (Å²) >= 11 is 0. The zero-order chi connectivity index (χ0) is 23.6. The van der Waals surface area contributed by atoms with Crippen molar-refractivity contribution in [1.29, 1.82) is 0 Å². The molecule has 2 aromatic rings. The average Bonchev–Trinajstić information content (AvgIpc) is 3.30. The first-order valence-electron chi connectivity index (χ1n) is 11.2. The predicted octanol–water partition coefficient (Wildman–Crippen LogP) is 4.20. The first kappa shape index (κ1) is 23.2. The fourth-order valence-electron chi connectivity index (χ4n) is 4.50. The number of carbonyl (C=O) groups excluding carboxylic acids is 1. The molecule has 1 atom stereocenters. The van der Waals surface area contributed by atoms with Gasteiger partial charge in [-0.05, 0) is 56.9 Å². The summed E-state index contributed by atoms with van der Waals surface area (Å²) in [4.78, 5) is 20.6. The third-order valence-corrected chi connectivity index (χ3v) is 6.49. The Morgan fingerprint density at radius 3 is 2.21 bits per heavy atom. The quantitative estimate of drug-likeness (QED) is 0.741. The summed E-state index contributed by atoms with van der Waals surface area (Å²) in [7, 11) is 4.20. The van der Waals surface area contributed by atoms with E-state index in [1.165, 1.54) is 12.1 Å². The number of hydrogen-bond donors (Lipinski definition) is 1. The molecule has 6 nitrogen and oxygen atoms in total. The molecule has 2 aliphatic heterocycles. The van der Waals surface area contributed by atoms with Gasteiger partial charge in [-0.3, -0.25) is 0 Å². The Morgan fingerprint density at radius 1 is 0.939 bits per heavy atom. The molecular formula is C24H30F3N5O. The summed E-state index contributed by atoms with van der Waals surface area (Å²) < 4.78 is 40.0. The summed E-state index contributed by atoms with van der Waals surface area (Å²) in [6, 6.07) is 13.7. The fourth-order valence-corrected chi connectivity index (χ4v) is 4.50. The molecule has 0 radical (unpaired) electrons. The van der Waals surface area contributed by atoms with Crippen molar-refractivity contribution in [2.45, 2.75) is 18.6 Å². The lowest BCUT2D eigenvalue weighted by Crippen LogP contribution is -2.50. The van der Waals surface area contributed by atoms with E-state index >= 15 is 0 Å². The largest absolute Gasteiger partial charge is 0.418 e. The number of hydrogen-bond acceptors (Lipinski definition) is 4. The molecule has 33 heavy (non-hydrogen) atoms. The minimum absolute atomic E-state index is 0.166. The number of urea groups is 1. The van der Waals surface area contributed by atoms with Crippen LogP contribution in [0.2, 0.25) is 0 Å². The Balaban J connectivity index is 1.31. The smallest absolute Gasteiger partial charge is 0.370 e. The lowest BCUT2D eigenvalue weighted by molar-refractivity contribution is -0.137. The molecule has 2 amide bonds. The number of halogens is 3. The van der Waals surface area contributed by atoms with Gasteiger partial charge in [-0.15, -0.1) is 0 Å². The first-order valence-corrected chi connectivity index (χ1v) is 11.2. The van der Waals surface area contributed by atoms with E-state index in [-0.39, 0.29) is 11.7 Å². The molecule has 2 heterocycles. The number of benzene rings is 2. The number of anilines is 3. The van der Waals surface area contributed by atoms with Crippen LogP contribution in [0.3, 0.4) is 0 Å². The molecular weight excluding hydrogens is 431 g/mol. The second-order valence-corrected chi connectivity index (χ2v) is 8.82. The van der Waals surface area contributed by atoms with E-state index in [1.807, 2.05) is 24.3 Å². The van der Waals surface area contributed by atoms with Crippen LogP contribution in [0.25, 0.3) is 0 Å². The summed E-state index contributed by atoms with van der Waals surface area (Å²) in [5.41, 5.74) is 1.36. The van der Waals surface area contributed by atoms with E-state index in [2.05, 4.69) is 29.2 Å². The van der Waals surface area contributed by atoms with Crippen LogP contribution in [0.4, 0.5) is 35.0 Å². The molecule has 1 unspecified atom stereocenters. The van der Waals surface area contributed by atoms with Crippen molar-refractivity contribution in [3.05, 3.63) is 54.1 Å². The molecule has 2 aromatic carbocycles. The zero-order valence-electron chi connectivity index (χ0n) is 19.0. The Labute approximate surface area is 192 Å². The third-order valence-electron chi connectivity index (χ3n) is 6.49. The van der Waals surface area contributed by atoms with E-state index in [1.54, 1.807) is 15.9 Å². The number of nitrogens with zero attached hydrogens (tertiary/aromatic N) is 4. The maximum Gasteiger partial charge on any atom is 0.418 e. The predicted molar refractivity (Wildman–Crippen MR) is 125 cm³/mol. The molecule has 2 aliphatic rings. The molecule has 0 aromatic heterocycles. The van der Waals surface area contributed by atoms with Crippen LogP contribution in [-0.4, -0.2) is 75.2 Å². The summed E-state index contributed by atoms with van der Waals surface area (Å²) in [5.74, 6) is 0. The molecule has 1 N–H and O–H groups in total. The summed E-state index contributed by atoms with van der Waals surface area (Å²) in [6.45, 7) is 3.41. The van der Waals surface area contributed by atoms with Gasteiger partial charge in [-0.2, -0.15) is 13.2 Å². The van der Waals surface area contributed by atoms with Crippen LogP contribution in [-0.2, 0) is 6.18 Å². The van der Waals surface area contributed by atoms with Gasteiger partial charge in [0.1, 0.15) is 0 Å².